The predicted molar refractivity (Wildman–Crippen MR) is 132 cm³/mol. The van der Waals surface area contributed by atoms with Crippen LogP contribution >= 0.6 is 0 Å². The van der Waals surface area contributed by atoms with E-state index in [2.05, 4.69) is 25.6 Å². The van der Waals surface area contributed by atoms with E-state index in [1.165, 1.54) is 6.26 Å². The first kappa shape index (κ1) is 23.5. The summed E-state index contributed by atoms with van der Waals surface area (Å²) in [6, 6.07) is 5.28. The van der Waals surface area contributed by atoms with Crippen molar-refractivity contribution in [2.24, 2.45) is 0 Å². The van der Waals surface area contributed by atoms with Crippen LogP contribution in [0.4, 0.5) is 15.9 Å². The van der Waals surface area contributed by atoms with Crippen LogP contribution in [-0.4, -0.2) is 64.8 Å². The fourth-order valence-electron chi connectivity index (χ4n) is 4.50. The lowest BCUT2D eigenvalue weighted by atomic mass is 10.1. The molecule has 2 aliphatic rings. The Labute approximate surface area is 211 Å². The second kappa shape index (κ2) is 9.87. The van der Waals surface area contributed by atoms with Gasteiger partial charge in [-0.05, 0) is 31.9 Å². The van der Waals surface area contributed by atoms with Crippen LogP contribution in [0.25, 0.3) is 22.7 Å². The molecule has 6 heterocycles. The summed E-state index contributed by atoms with van der Waals surface area (Å²) in [7, 11) is 0. The number of hydrogen-bond acceptors (Lipinski definition) is 10. The molecule has 0 bridgehead atoms. The highest BCUT2D eigenvalue weighted by Crippen LogP contribution is 2.33. The van der Waals surface area contributed by atoms with Gasteiger partial charge in [0.2, 0.25) is 17.4 Å². The first-order valence-corrected chi connectivity index (χ1v) is 12.3. The Morgan fingerprint density at radius 3 is 2.86 bits per heavy atom. The zero-order chi connectivity index (χ0) is 25.4. The number of oxazole rings is 2. The molecule has 37 heavy (non-hydrogen) atoms. The summed E-state index contributed by atoms with van der Waals surface area (Å²) < 4.78 is 31.1. The third-order valence-electron chi connectivity index (χ3n) is 6.43. The fourth-order valence-corrected chi connectivity index (χ4v) is 4.50. The van der Waals surface area contributed by atoms with Crippen molar-refractivity contribution in [2.45, 2.75) is 32.0 Å². The van der Waals surface area contributed by atoms with Gasteiger partial charge < -0.3 is 29.1 Å². The van der Waals surface area contributed by atoms with E-state index in [4.69, 9.17) is 18.6 Å². The van der Waals surface area contributed by atoms with Crippen molar-refractivity contribution in [3.8, 4) is 11.5 Å². The molecule has 1 atom stereocenters. The normalized spacial score (nSPS) is 18.9. The number of fused-ring (bicyclic) bond motifs is 1. The van der Waals surface area contributed by atoms with Gasteiger partial charge in [0, 0.05) is 49.7 Å². The summed E-state index contributed by atoms with van der Waals surface area (Å²) in [6.45, 7) is 4.71. The number of pyridine rings is 2. The minimum Gasteiger partial charge on any atom is -0.444 e. The second-order valence-corrected chi connectivity index (χ2v) is 9.14. The maximum Gasteiger partial charge on any atom is 0.277 e. The number of piperidine rings is 1. The summed E-state index contributed by atoms with van der Waals surface area (Å²) in [5.41, 5.74) is 2.87. The smallest absolute Gasteiger partial charge is 0.277 e. The number of ether oxygens (including phenoxy) is 1. The van der Waals surface area contributed by atoms with E-state index >= 15 is 0 Å². The Morgan fingerprint density at radius 1 is 1.22 bits per heavy atom. The van der Waals surface area contributed by atoms with Crippen LogP contribution in [0.2, 0.25) is 0 Å². The Kier molecular flexibility index (Phi) is 6.26. The number of halogens is 1. The monoisotopic (exact) mass is 507 g/mol. The van der Waals surface area contributed by atoms with Crippen LogP contribution in [0.3, 0.4) is 0 Å². The average Bonchev–Trinajstić information content (AvgIpc) is 3.57. The molecule has 192 valence electrons. The number of morpholine rings is 1. The van der Waals surface area contributed by atoms with E-state index in [1.54, 1.807) is 18.3 Å². The number of carbonyl (C=O) groups excluding carboxylic acids is 1. The average molecular weight is 508 g/mol. The molecule has 2 fully saturated rings. The van der Waals surface area contributed by atoms with Gasteiger partial charge in [-0.1, -0.05) is 0 Å². The molecule has 4 aromatic heterocycles. The van der Waals surface area contributed by atoms with Gasteiger partial charge in [-0.15, -0.1) is 0 Å². The molecule has 1 amide bonds. The third kappa shape index (κ3) is 4.89. The SMILES string of the molecule is Cc1cc(-c2nc(C(=O)Nc3cc4oc(C5CNCCO5)nc4nc3N3CCC(F)CC3)co2)ccn1. The maximum absolute atomic E-state index is 13.8. The van der Waals surface area contributed by atoms with Gasteiger partial charge in [0.1, 0.15) is 18.5 Å². The highest BCUT2D eigenvalue weighted by Gasteiger charge is 2.27. The molecule has 4 aromatic rings. The number of amides is 1. The molecule has 1 unspecified atom stereocenters. The summed E-state index contributed by atoms with van der Waals surface area (Å²) in [6.07, 6.45) is 2.56. The number of aryl methyl sites for hydroxylation is 1. The number of hydrogen-bond donors (Lipinski definition) is 2. The van der Waals surface area contributed by atoms with Crippen LogP contribution in [-0.2, 0) is 4.74 Å². The largest absolute Gasteiger partial charge is 0.444 e. The van der Waals surface area contributed by atoms with Crippen molar-refractivity contribution in [1.82, 2.24) is 25.3 Å². The first-order valence-electron chi connectivity index (χ1n) is 12.3. The minimum absolute atomic E-state index is 0.109. The summed E-state index contributed by atoms with van der Waals surface area (Å²) in [5, 5.41) is 6.14. The zero-order valence-corrected chi connectivity index (χ0v) is 20.2. The first-order chi connectivity index (χ1) is 18.0. The summed E-state index contributed by atoms with van der Waals surface area (Å²) >= 11 is 0. The lowest BCUT2D eigenvalue weighted by Gasteiger charge is -2.30. The lowest BCUT2D eigenvalue weighted by molar-refractivity contribution is 0.0118. The van der Waals surface area contributed by atoms with Crippen LogP contribution in [0.5, 0.6) is 0 Å². The van der Waals surface area contributed by atoms with Crippen LogP contribution in [0.1, 0.15) is 41.0 Å². The molecule has 0 aliphatic carbocycles. The molecule has 6 rings (SSSR count). The maximum atomic E-state index is 13.8. The number of rotatable bonds is 5. The number of nitrogens with one attached hydrogen (secondary N) is 2. The van der Waals surface area contributed by atoms with Crippen LogP contribution in [0, 0.1) is 6.92 Å². The van der Waals surface area contributed by atoms with Crippen LogP contribution in [0.15, 0.2) is 39.5 Å². The molecule has 0 spiro atoms. The summed E-state index contributed by atoms with van der Waals surface area (Å²) in [5.74, 6) is 0.766. The Balaban J connectivity index is 1.31. The molecule has 2 N–H and O–H groups in total. The van der Waals surface area contributed by atoms with Crippen molar-refractivity contribution < 1.29 is 22.8 Å². The van der Waals surface area contributed by atoms with Gasteiger partial charge in [-0.3, -0.25) is 9.78 Å². The predicted octanol–water partition coefficient (Wildman–Crippen LogP) is 3.43. The number of aromatic nitrogens is 4. The van der Waals surface area contributed by atoms with Gasteiger partial charge in [0.15, 0.2) is 17.1 Å². The fraction of sp³-hybridized carbons (Fsp3) is 0.400. The quantitative estimate of drug-likeness (QED) is 0.414. The molecule has 0 radical (unpaired) electrons. The van der Waals surface area contributed by atoms with Crippen molar-refractivity contribution >= 4 is 28.6 Å². The van der Waals surface area contributed by atoms with Gasteiger partial charge in [0.25, 0.3) is 5.91 Å². The Bertz CT molecular complexity index is 1420. The standard InChI is InChI=1S/C25H26FN7O4/c1-14-10-15(2-5-28-14)24-30-18(13-36-24)23(34)29-17-11-19-21(31-22(17)33-7-3-16(26)4-8-33)32-25(37-19)20-12-27-6-9-35-20/h2,5,10-11,13,16,20,27H,3-4,6-9,12H2,1H3,(H,29,34). The molecular weight excluding hydrogens is 481 g/mol. The van der Waals surface area contributed by atoms with E-state index in [0.29, 0.717) is 73.6 Å². The van der Waals surface area contributed by atoms with Crippen molar-refractivity contribution in [3.05, 3.63) is 47.9 Å². The molecule has 0 aromatic carbocycles. The van der Waals surface area contributed by atoms with Gasteiger partial charge in [-0.2, -0.15) is 4.98 Å². The van der Waals surface area contributed by atoms with Crippen molar-refractivity contribution in [1.29, 1.82) is 0 Å². The van der Waals surface area contributed by atoms with Crippen LogP contribution < -0.4 is 15.5 Å². The number of anilines is 2. The molecule has 0 saturated carbocycles. The third-order valence-corrected chi connectivity index (χ3v) is 6.43. The topological polar surface area (TPSA) is 131 Å². The molecule has 11 nitrogen and oxygen atoms in total. The van der Waals surface area contributed by atoms with Crippen molar-refractivity contribution in [2.75, 3.05) is 43.0 Å². The van der Waals surface area contributed by atoms with Gasteiger partial charge in [0.05, 0.1) is 12.3 Å². The van der Waals surface area contributed by atoms with Gasteiger partial charge in [-0.25, -0.2) is 14.4 Å². The highest BCUT2D eigenvalue weighted by atomic mass is 19.1. The van der Waals surface area contributed by atoms with E-state index in [9.17, 15) is 9.18 Å². The molecular formula is C25H26FN7O4. The number of carbonyl (C=O) groups is 1. The lowest BCUT2D eigenvalue weighted by Crippen LogP contribution is -2.35. The van der Waals surface area contributed by atoms with E-state index in [1.807, 2.05) is 17.9 Å². The number of alkyl halides is 1. The Hall–Kier alpha value is -3.90. The highest BCUT2D eigenvalue weighted by molar-refractivity contribution is 6.05. The molecule has 2 aliphatic heterocycles. The van der Waals surface area contributed by atoms with Gasteiger partial charge >= 0.3 is 0 Å². The van der Waals surface area contributed by atoms with E-state index in [0.717, 1.165) is 17.8 Å². The minimum atomic E-state index is -0.849. The Morgan fingerprint density at radius 2 is 2.08 bits per heavy atom. The zero-order valence-electron chi connectivity index (χ0n) is 20.2. The molecule has 2 saturated heterocycles. The van der Waals surface area contributed by atoms with E-state index in [-0.39, 0.29) is 11.8 Å². The van der Waals surface area contributed by atoms with E-state index < -0.39 is 12.1 Å². The summed E-state index contributed by atoms with van der Waals surface area (Å²) in [4.78, 5) is 32.9. The number of nitrogens with zero attached hydrogens (tertiary/aromatic N) is 5. The molecule has 12 heteroatoms. The van der Waals surface area contributed by atoms with Crippen molar-refractivity contribution in [3.63, 3.8) is 0 Å². The second-order valence-electron chi connectivity index (χ2n) is 9.14.